The number of rotatable bonds is 4. The van der Waals surface area contributed by atoms with Crippen molar-refractivity contribution >= 4 is 46.0 Å². The lowest BCUT2D eigenvalue weighted by molar-refractivity contribution is 0.0622. The Morgan fingerprint density at radius 3 is 2.59 bits per heavy atom. The lowest BCUT2D eigenvalue weighted by Crippen LogP contribution is -2.57. The molecule has 3 saturated heterocycles. The number of amides is 1. The number of nitrogens with one attached hydrogen (secondary N) is 1. The number of nitrogens with zero attached hydrogens (tertiary/aromatic N) is 1. The van der Waals surface area contributed by atoms with Crippen LogP contribution < -0.4 is 5.32 Å². The van der Waals surface area contributed by atoms with Crippen molar-refractivity contribution in [3.63, 3.8) is 0 Å². The first-order valence-electron chi connectivity index (χ1n) is 9.82. The highest BCUT2D eigenvalue weighted by molar-refractivity contribution is 7.20. The van der Waals surface area contributed by atoms with Crippen molar-refractivity contribution in [3.8, 4) is 11.1 Å². The van der Waals surface area contributed by atoms with E-state index in [0.29, 0.717) is 11.5 Å². The highest BCUT2D eigenvalue weighted by Crippen LogP contribution is 2.32. The molecule has 2 bridgehead atoms. The van der Waals surface area contributed by atoms with Gasteiger partial charge < -0.3 is 10.2 Å². The Balaban J connectivity index is 0.00000205. The fourth-order valence-electron chi connectivity index (χ4n) is 4.48. The predicted octanol–water partition coefficient (Wildman–Crippen LogP) is 4.63. The van der Waals surface area contributed by atoms with Gasteiger partial charge in [0.05, 0.1) is 4.88 Å². The monoisotopic (exact) mass is 426 g/mol. The number of fused-ring (bicyclic) bond motifs is 4. The second-order valence-corrected chi connectivity index (χ2v) is 8.91. The van der Waals surface area contributed by atoms with Gasteiger partial charge in [0.15, 0.2) is 0 Å². The van der Waals surface area contributed by atoms with Gasteiger partial charge in [-0.05, 0) is 66.6 Å². The number of halogens is 1. The van der Waals surface area contributed by atoms with Crippen LogP contribution in [0.25, 0.3) is 21.2 Å². The van der Waals surface area contributed by atoms with Crippen LogP contribution in [0, 0.1) is 5.92 Å². The van der Waals surface area contributed by atoms with Crippen molar-refractivity contribution in [2.75, 3.05) is 19.6 Å². The second-order valence-electron chi connectivity index (χ2n) is 7.82. The third kappa shape index (κ3) is 3.95. The zero-order valence-corrected chi connectivity index (χ0v) is 17.6. The second kappa shape index (κ2) is 8.27. The van der Waals surface area contributed by atoms with E-state index >= 15 is 0 Å². The van der Waals surface area contributed by atoms with Gasteiger partial charge in [0.1, 0.15) is 6.29 Å². The molecule has 0 spiro atoms. The quantitative estimate of drug-likeness (QED) is 0.619. The molecule has 1 amide bonds. The van der Waals surface area contributed by atoms with Crippen molar-refractivity contribution in [2.24, 2.45) is 5.92 Å². The van der Waals surface area contributed by atoms with Gasteiger partial charge in [-0.3, -0.25) is 9.59 Å². The third-order valence-electron chi connectivity index (χ3n) is 6.07. The minimum Gasteiger partial charge on any atom is -0.347 e. The molecule has 0 saturated carbocycles. The molecular formula is C23H23ClN2O2S. The van der Waals surface area contributed by atoms with Gasteiger partial charge in [0.25, 0.3) is 5.91 Å². The fraction of sp³-hybridized carbons (Fsp3) is 0.304. The topological polar surface area (TPSA) is 49.4 Å². The molecule has 6 heteroatoms. The maximum Gasteiger partial charge on any atom is 0.261 e. The van der Waals surface area contributed by atoms with Crippen LogP contribution in [0.3, 0.4) is 0 Å². The predicted molar refractivity (Wildman–Crippen MR) is 120 cm³/mol. The normalized spacial score (nSPS) is 22.8. The van der Waals surface area contributed by atoms with E-state index in [4.69, 9.17) is 0 Å². The standard InChI is InChI=1S/C23H22N2O2S.ClH/c26-14-15-2-1-3-17(10-15)18-4-5-19-12-22(28-21(19)11-18)23(27)24-20-13-25-8-6-16(20)7-9-25;/h1-5,10-12,14,16,20H,6-9,13H2,(H,24,27);1H. The number of thiophene rings is 1. The Kier molecular flexibility index (Phi) is 5.72. The molecule has 1 aromatic heterocycles. The van der Waals surface area contributed by atoms with Gasteiger partial charge in [-0.2, -0.15) is 0 Å². The fourth-order valence-corrected chi connectivity index (χ4v) is 5.49. The molecule has 3 aromatic rings. The average molecular weight is 427 g/mol. The van der Waals surface area contributed by atoms with Gasteiger partial charge >= 0.3 is 0 Å². The van der Waals surface area contributed by atoms with E-state index < -0.39 is 0 Å². The Morgan fingerprint density at radius 1 is 1.07 bits per heavy atom. The Labute approximate surface area is 180 Å². The molecule has 4 heterocycles. The Morgan fingerprint density at radius 2 is 1.86 bits per heavy atom. The van der Waals surface area contributed by atoms with Gasteiger partial charge in [0.2, 0.25) is 0 Å². The van der Waals surface area contributed by atoms with Crippen molar-refractivity contribution in [3.05, 3.63) is 59.0 Å². The number of hydrogen-bond acceptors (Lipinski definition) is 4. The summed E-state index contributed by atoms with van der Waals surface area (Å²) in [4.78, 5) is 27.1. The van der Waals surface area contributed by atoms with Gasteiger partial charge in [-0.25, -0.2) is 0 Å². The molecule has 3 aliphatic heterocycles. The van der Waals surface area contributed by atoms with Crippen LogP contribution in [0.5, 0.6) is 0 Å². The van der Waals surface area contributed by atoms with Crippen molar-refractivity contribution in [1.82, 2.24) is 10.2 Å². The number of carbonyl (C=O) groups excluding carboxylic acids is 2. The first-order valence-corrected chi connectivity index (χ1v) is 10.6. The van der Waals surface area contributed by atoms with Gasteiger partial charge in [-0.1, -0.05) is 30.3 Å². The SMILES string of the molecule is Cl.O=Cc1cccc(-c2ccc3cc(C(=O)NC4CN5CCC4CC5)sc3c2)c1. The molecule has 1 N–H and O–H groups in total. The van der Waals surface area contributed by atoms with Crippen molar-refractivity contribution in [2.45, 2.75) is 18.9 Å². The molecule has 0 aliphatic carbocycles. The molecule has 2 aromatic carbocycles. The molecular weight excluding hydrogens is 404 g/mol. The molecule has 0 radical (unpaired) electrons. The maximum absolute atomic E-state index is 12.8. The number of piperidine rings is 3. The smallest absolute Gasteiger partial charge is 0.261 e. The zero-order valence-electron chi connectivity index (χ0n) is 16.0. The lowest BCUT2D eigenvalue weighted by atomic mass is 9.84. The first-order chi connectivity index (χ1) is 13.7. The van der Waals surface area contributed by atoms with E-state index in [2.05, 4.69) is 22.3 Å². The summed E-state index contributed by atoms with van der Waals surface area (Å²) in [5.41, 5.74) is 2.74. The molecule has 29 heavy (non-hydrogen) atoms. The van der Waals surface area contributed by atoms with Crippen LogP contribution in [0.4, 0.5) is 0 Å². The largest absolute Gasteiger partial charge is 0.347 e. The van der Waals surface area contributed by atoms with Crippen LogP contribution in [0.2, 0.25) is 0 Å². The van der Waals surface area contributed by atoms with E-state index in [-0.39, 0.29) is 24.4 Å². The summed E-state index contributed by atoms with van der Waals surface area (Å²) in [6.07, 6.45) is 3.26. The van der Waals surface area contributed by atoms with Crippen LogP contribution in [0.1, 0.15) is 32.9 Å². The molecule has 150 valence electrons. The Hall–Kier alpha value is -2.21. The van der Waals surface area contributed by atoms with Crippen LogP contribution in [-0.4, -0.2) is 42.8 Å². The lowest BCUT2D eigenvalue weighted by Gasteiger charge is -2.44. The molecule has 1 unspecified atom stereocenters. The van der Waals surface area contributed by atoms with E-state index in [1.807, 2.05) is 30.3 Å². The minimum atomic E-state index is 0. The molecule has 4 nitrogen and oxygen atoms in total. The zero-order chi connectivity index (χ0) is 19.1. The summed E-state index contributed by atoms with van der Waals surface area (Å²) in [6, 6.07) is 16.1. The molecule has 6 rings (SSSR count). The summed E-state index contributed by atoms with van der Waals surface area (Å²) in [5, 5.41) is 4.36. The maximum atomic E-state index is 12.8. The average Bonchev–Trinajstić information content (AvgIpc) is 3.18. The van der Waals surface area contributed by atoms with E-state index in [9.17, 15) is 9.59 Å². The Bertz CT molecular complexity index is 1060. The van der Waals surface area contributed by atoms with Crippen molar-refractivity contribution in [1.29, 1.82) is 0 Å². The summed E-state index contributed by atoms with van der Waals surface area (Å²) in [5.74, 6) is 0.671. The minimum absolute atomic E-state index is 0. The van der Waals surface area contributed by atoms with E-state index in [0.717, 1.165) is 38.9 Å². The van der Waals surface area contributed by atoms with Crippen LogP contribution in [-0.2, 0) is 0 Å². The third-order valence-corrected chi connectivity index (χ3v) is 7.17. The van der Waals surface area contributed by atoms with Crippen LogP contribution in [0.15, 0.2) is 48.5 Å². The van der Waals surface area contributed by atoms with Crippen LogP contribution >= 0.6 is 23.7 Å². The van der Waals surface area contributed by atoms with E-state index in [1.54, 1.807) is 6.07 Å². The molecule has 3 fully saturated rings. The molecule has 3 aliphatic rings. The van der Waals surface area contributed by atoms with Gasteiger partial charge in [-0.15, -0.1) is 23.7 Å². The summed E-state index contributed by atoms with van der Waals surface area (Å²) < 4.78 is 1.09. The summed E-state index contributed by atoms with van der Waals surface area (Å²) in [7, 11) is 0. The summed E-state index contributed by atoms with van der Waals surface area (Å²) in [6.45, 7) is 3.33. The number of benzene rings is 2. The van der Waals surface area contributed by atoms with Crippen molar-refractivity contribution < 1.29 is 9.59 Å². The highest BCUT2D eigenvalue weighted by atomic mass is 35.5. The number of carbonyl (C=O) groups is 2. The highest BCUT2D eigenvalue weighted by Gasteiger charge is 2.35. The number of hydrogen-bond donors (Lipinski definition) is 1. The van der Waals surface area contributed by atoms with E-state index in [1.165, 1.54) is 37.3 Å². The number of aldehydes is 1. The first kappa shape index (κ1) is 20.1. The molecule has 1 atom stereocenters. The summed E-state index contributed by atoms with van der Waals surface area (Å²) >= 11 is 1.54. The van der Waals surface area contributed by atoms with Gasteiger partial charge in [0, 0.05) is 22.8 Å².